The third kappa shape index (κ3) is 7.13. The van der Waals surface area contributed by atoms with Gasteiger partial charge in [-0.2, -0.15) is 0 Å². The Morgan fingerprint density at radius 2 is 0.838 bits per heavy atom. The third-order valence-electron chi connectivity index (χ3n) is 14.0. The number of allylic oxidation sites excluding steroid dienone is 2. The van der Waals surface area contributed by atoms with Crippen molar-refractivity contribution < 1.29 is 13.6 Å². The number of nitrogens with zero attached hydrogens (tertiary/aromatic N) is 6. The zero-order chi connectivity index (χ0) is 45.7. The summed E-state index contributed by atoms with van der Waals surface area (Å²) in [5.41, 5.74) is 14.3. The maximum Gasteiger partial charge on any atom is 0.198 e. The normalized spacial score (nSPS) is 17.6. The predicted molar refractivity (Wildman–Crippen MR) is 264 cm³/mol. The number of Topliss-reactive ketones (excluding diaryl/α,β-unsaturated/α-hetero) is 1. The van der Waals surface area contributed by atoms with E-state index in [4.69, 9.17) is 9.97 Å². The standard InChI is InChI=1S/C59H46F2N6O/c60-45-19-23-47(24-20-45)66-51-27-31-62-35-49(51)53(57(55(66)41-13-3-1-4-14-41)64-33-29-39-11-7-9-17-43(39)37-64)59(68)54-50-36-63-32-28-52(50)67(48-25-21-46(61)22-26-48)56(42-15-5-2-6-16-42)58(54)65-34-30-40-12-8-10-18-44(40)38-65/h1-28,31-32,35-36,55-56H,29-30,33-34,37-38H2. The lowest BCUT2D eigenvalue weighted by atomic mass is 9.79. The van der Waals surface area contributed by atoms with Crippen molar-refractivity contribution in [3.05, 3.63) is 262 Å². The molecule has 4 aliphatic heterocycles. The lowest BCUT2D eigenvalue weighted by Crippen LogP contribution is -2.43. The molecule has 0 N–H and O–H groups in total. The van der Waals surface area contributed by atoms with Crippen LogP contribution in [0.2, 0.25) is 0 Å². The largest absolute Gasteiger partial charge is 0.368 e. The molecule has 0 fully saturated rings. The van der Waals surface area contributed by atoms with E-state index < -0.39 is 12.1 Å². The molecule has 0 spiro atoms. The second kappa shape index (κ2) is 17.2. The highest BCUT2D eigenvalue weighted by Gasteiger charge is 2.46. The van der Waals surface area contributed by atoms with E-state index in [0.29, 0.717) is 48.5 Å². The van der Waals surface area contributed by atoms with E-state index in [1.54, 1.807) is 12.4 Å². The Hall–Kier alpha value is -8.17. The van der Waals surface area contributed by atoms with Crippen molar-refractivity contribution in [1.82, 2.24) is 19.8 Å². The Kier molecular flexibility index (Phi) is 10.5. The van der Waals surface area contributed by atoms with Gasteiger partial charge in [0, 0.05) is 73.5 Å². The number of hydrogen-bond donors (Lipinski definition) is 0. The summed E-state index contributed by atoms with van der Waals surface area (Å²) in [5, 5.41) is 0. The number of rotatable bonds is 8. The van der Waals surface area contributed by atoms with Crippen molar-refractivity contribution in [2.45, 2.75) is 38.0 Å². The van der Waals surface area contributed by atoms with Gasteiger partial charge >= 0.3 is 0 Å². The molecule has 0 saturated carbocycles. The summed E-state index contributed by atoms with van der Waals surface area (Å²) in [6.07, 6.45) is 8.75. The van der Waals surface area contributed by atoms with E-state index in [2.05, 4.69) is 92.4 Å². The number of benzene rings is 6. The molecule has 8 aromatic rings. The number of halogens is 2. The zero-order valence-electron chi connectivity index (χ0n) is 37.2. The highest BCUT2D eigenvalue weighted by molar-refractivity contribution is 6.45. The SMILES string of the molecule is O=C(C1=C(N2CCc3ccccc3C2)C(c2ccccc2)N(c2ccc(F)cc2)c2ccncc21)C1=C(N2CCc3ccccc3C2)C(c2ccccc2)N(c2ccc(F)cc2)c2ccncc21. The molecule has 12 rings (SSSR count). The van der Waals surface area contributed by atoms with E-state index in [0.717, 1.165) is 58.1 Å². The van der Waals surface area contributed by atoms with Crippen LogP contribution in [0.4, 0.5) is 31.5 Å². The molecule has 0 saturated heterocycles. The maximum absolute atomic E-state index is 17.2. The van der Waals surface area contributed by atoms with Crippen LogP contribution in [0.3, 0.4) is 0 Å². The van der Waals surface area contributed by atoms with Gasteiger partial charge in [-0.3, -0.25) is 14.8 Å². The Morgan fingerprint density at radius 3 is 1.25 bits per heavy atom. The van der Waals surface area contributed by atoms with E-state index in [9.17, 15) is 8.78 Å². The van der Waals surface area contributed by atoms with Crippen molar-refractivity contribution in [3.63, 3.8) is 0 Å². The fourth-order valence-electron chi connectivity index (χ4n) is 11.0. The first-order chi connectivity index (χ1) is 33.5. The van der Waals surface area contributed by atoms with Crippen LogP contribution >= 0.6 is 0 Å². The van der Waals surface area contributed by atoms with Crippen LogP contribution in [-0.2, 0) is 30.7 Å². The van der Waals surface area contributed by atoms with Gasteiger partial charge in [-0.05, 0) is 107 Å². The van der Waals surface area contributed by atoms with Crippen LogP contribution in [0.5, 0.6) is 0 Å². The molecule has 2 atom stereocenters. The maximum atomic E-state index is 17.2. The lowest BCUT2D eigenvalue weighted by molar-refractivity contribution is -0.109. The van der Waals surface area contributed by atoms with E-state index in [1.807, 2.05) is 85.2 Å². The van der Waals surface area contributed by atoms with Crippen molar-refractivity contribution in [2.75, 3.05) is 22.9 Å². The minimum Gasteiger partial charge on any atom is -0.368 e. The summed E-state index contributed by atoms with van der Waals surface area (Å²) >= 11 is 0. The molecule has 68 heavy (non-hydrogen) atoms. The summed E-state index contributed by atoms with van der Waals surface area (Å²) in [6, 6.07) is 53.9. The minimum atomic E-state index is -0.510. The Morgan fingerprint density at radius 1 is 0.456 bits per heavy atom. The second-order valence-corrected chi connectivity index (χ2v) is 17.8. The highest BCUT2D eigenvalue weighted by Crippen LogP contribution is 2.55. The van der Waals surface area contributed by atoms with Crippen LogP contribution in [0, 0.1) is 11.6 Å². The number of pyridine rings is 2. The molecule has 6 aromatic carbocycles. The molecule has 0 aliphatic carbocycles. The van der Waals surface area contributed by atoms with Gasteiger partial charge < -0.3 is 19.6 Å². The summed E-state index contributed by atoms with van der Waals surface area (Å²) in [6.45, 7) is 2.49. The van der Waals surface area contributed by atoms with Gasteiger partial charge in [0.25, 0.3) is 0 Å². The number of carbonyl (C=O) groups excluding carboxylic acids is 1. The summed E-state index contributed by atoms with van der Waals surface area (Å²) in [7, 11) is 0. The molecule has 4 aliphatic rings. The summed E-state index contributed by atoms with van der Waals surface area (Å²) in [5.74, 6) is -0.804. The van der Waals surface area contributed by atoms with Gasteiger partial charge in [-0.25, -0.2) is 8.78 Å². The van der Waals surface area contributed by atoms with Crippen molar-refractivity contribution >= 4 is 39.7 Å². The first-order valence-electron chi connectivity index (χ1n) is 23.2. The molecule has 2 aromatic heterocycles. The smallest absolute Gasteiger partial charge is 0.198 e. The first-order valence-corrected chi connectivity index (χ1v) is 23.2. The number of aromatic nitrogens is 2. The van der Waals surface area contributed by atoms with E-state index in [1.165, 1.54) is 46.5 Å². The van der Waals surface area contributed by atoms with Crippen molar-refractivity contribution in [2.24, 2.45) is 0 Å². The van der Waals surface area contributed by atoms with Gasteiger partial charge in [0.05, 0.1) is 46.0 Å². The van der Waals surface area contributed by atoms with Crippen LogP contribution in [0.15, 0.2) is 206 Å². The molecule has 332 valence electrons. The lowest BCUT2D eigenvalue weighted by Gasteiger charge is -2.48. The fraction of sp³-hybridized carbons (Fsp3) is 0.136. The average Bonchev–Trinajstić information content (AvgIpc) is 3.40. The molecular weight excluding hydrogens is 847 g/mol. The Bertz CT molecular complexity index is 3050. The topological polar surface area (TPSA) is 55.8 Å². The molecule has 0 bridgehead atoms. The third-order valence-corrected chi connectivity index (χ3v) is 14.0. The number of hydrogen-bond acceptors (Lipinski definition) is 7. The molecular formula is C59H46F2N6O. The van der Waals surface area contributed by atoms with Crippen LogP contribution < -0.4 is 9.80 Å². The molecule has 2 unspecified atom stereocenters. The van der Waals surface area contributed by atoms with Gasteiger partial charge in [-0.15, -0.1) is 0 Å². The molecule has 0 radical (unpaired) electrons. The van der Waals surface area contributed by atoms with Gasteiger partial charge in [0.2, 0.25) is 0 Å². The fourth-order valence-corrected chi connectivity index (χ4v) is 11.0. The monoisotopic (exact) mass is 892 g/mol. The summed E-state index contributed by atoms with van der Waals surface area (Å²) < 4.78 is 29.7. The number of carbonyl (C=O) groups is 1. The number of ketones is 1. The minimum absolute atomic E-state index is 0.143. The Labute approximate surface area is 394 Å². The zero-order valence-corrected chi connectivity index (χ0v) is 37.2. The average molecular weight is 893 g/mol. The number of anilines is 4. The van der Waals surface area contributed by atoms with Crippen LogP contribution in [0.25, 0.3) is 11.1 Å². The van der Waals surface area contributed by atoms with Crippen LogP contribution in [-0.4, -0.2) is 38.6 Å². The van der Waals surface area contributed by atoms with Crippen molar-refractivity contribution in [3.8, 4) is 0 Å². The van der Waals surface area contributed by atoms with Crippen molar-refractivity contribution in [1.29, 1.82) is 0 Å². The molecule has 7 nitrogen and oxygen atoms in total. The highest BCUT2D eigenvalue weighted by atomic mass is 19.1. The summed E-state index contributed by atoms with van der Waals surface area (Å²) in [4.78, 5) is 36.0. The van der Waals surface area contributed by atoms with Crippen LogP contribution in [0.1, 0.15) is 56.6 Å². The first kappa shape index (κ1) is 41.3. The van der Waals surface area contributed by atoms with E-state index >= 15 is 4.79 Å². The quantitative estimate of drug-likeness (QED) is 0.151. The second-order valence-electron chi connectivity index (χ2n) is 17.8. The van der Waals surface area contributed by atoms with E-state index in [-0.39, 0.29) is 17.4 Å². The Balaban J connectivity index is 1.18. The van der Waals surface area contributed by atoms with Gasteiger partial charge in [0.1, 0.15) is 11.6 Å². The predicted octanol–water partition coefficient (Wildman–Crippen LogP) is 12.3. The van der Waals surface area contributed by atoms with Gasteiger partial charge in [-0.1, -0.05) is 109 Å². The molecule has 6 heterocycles. The molecule has 0 amide bonds. The van der Waals surface area contributed by atoms with Gasteiger partial charge in [0.15, 0.2) is 5.78 Å². The number of fused-ring (bicyclic) bond motifs is 4. The molecule has 9 heteroatoms.